The summed E-state index contributed by atoms with van der Waals surface area (Å²) in [6.07, 6.45) is 3.87. The van der Waals surface area contributed by atoms with Crippen molar-refractivity contribution >= 4 is 6.09 Å². The van der Waals surface area contributed by atoms with Crippen LogP contribution in [0.2, 0.25) is 0 Å². The van der Waals surface area contributed by atoms with Gasteiger partial charge in [0.05, 0.1) is 0 Å². The molecule has 1 atom stereocenters. The first-order chi connectivity index (χ1) is 7.78. The van der Waals surface area contributed by atoms with Crippen LogP contribution < -0.4 is 5.73 Å². The molecule has 0 spiro atoms. The van der Waals surface area contributed by atoms with E-state index in [-0.39, 0.29) is 11.6 Å². The monoisotopic (exact) mass is 242 g/mol. The van der Waals surface area contributed by atoms with Crippen molar-refractivity contribution in [2.75, 3.05) is 13.1 Å². The van der Waals surface area contributed by atoms with E-state index >= 15 is 0 Å². The van der Waals surface area contributed by atoms with E-state index in [2.05, 4.69) is 6.92 Å². The first-order valence-electron chi connectivity index (χ1n) is 6.49. The molecule has 1 rings (SSSR count). The highest BCUT2D eigenvalue weighted by Crippen LogP contribution is 2.31. The topological polar surface area (TPSA) is 55.6 Å². The van der Waals surface area contributed by atoms with E-state index in [0.29, 0.717) is 6.54 Å². The van der Waals surface area contributed by atoms with Gasteiger partial charge >= 0.3 is 6.09 Å². The number of piperidine rings is 1. The van der Waals surface area contributed by atoms with E-state index in [4.69, 9.17) is 10.5 Å². The van der Waals surface area contributed by atoms with Gasteiger partial charge in [-0.25, -0.2) is 4.79 Å². The Labute approximate surface area is 104 Å². The molecular formula is C13H26N2O2. The van der Waals surface area contributed by atoms with E-state index in [1.54, 1.807) is 0 Å². The van der Waals surface area contributed by atoms with E-state index < -0.39 is 5.60 Å². The average molecular weight is 242 g/mol. The highest BCUT2D eigenvalue weighted by atomic mass is 16.6. The van der Waals surface area contributed by atoms with Gasteiger partial charge < -0.3 is 15.4 Å². The van der Waals surface area contributed by atoms with Gasteiger partial charge in [-0.15, -0.1) is 0 Å². The second-order valence-electron chi connectivity index (χ2n) is 6.12. The summed E-state index contributed by atoms with van der Waals surface area (Å²) in [5, 5.41) is 0. The fraction of sp³-hybridized carbons (Fsp3) is 0.923. The van der Waals surface area contributed by atoms with Crippen molar-refractivity contribution in [2.24, 2.45) is 5.73 Å². The van der Waals surface area contributed by atoms with Crippen molar-refractivity contribution in [2.45, 2.75) is 64.5 Å². The van der Waals surface area contributed by atoms with E-state index in [1.165, 1.54) is 0 Å². The molecule has 0 aromatic rings. The number of hydrogen-bond donors (Lipinski definition) is 1. The molecule has 0 aromatic carbocycles. The van der Waals surface area contributed by atoms with Crippen LogP contribution in [0.3, 0.4) is 0 Å². The fourth-order valence-electron chi connectivity index (χ4n) is 2.38. The number of hydrogen-bond acceptors (Lipinski definition) is 3. The summed E-state index contributed by atoms with van der Waals surface area (Å²) in [7, 11) is 0. The minimum absolute atomic E-state index is 0.130. The number of carbonyl (C=O) groups excluding carboxylic acids is 1. The van der Waals surface area contributed by atoms with Gasteiger partial charge in [0.2, 0.25) is 0 Å². The third-order valence-electron chi connectivity index (χ3n) is 3.30. The van der Waals surface area contributed by atoms with Crippen molar-refractivity contribution in [1.29, 1.82) is 0 Å². The number of likely N-dealkylation sites (tertiary alicyclic amines) is 1. The van der Waals surface area contributed by atoms with Crippen LogP contribution >= 0.6 is 0 Å². The summed E-state index contributed by atoms with van der Waals surface area (Å²) in [6.45, 7) is 9.20. The maximum atomic E-state index is 12.2. The minimum Gasteiger partial charge on any atom is -0.444 e. The predicted octanol–water partition coefficient (Wildman–Crippen LogP) is 2.51. The van der Waals surface area contributed by atoms with E-state index in [1.807, 2.05) is 25.7 Å². The van der Waals surface area contributed by atoms with Crippen LogP contribution in [0.5, 0.6) is 0 Å². The second-order valence-corrected chi connectivity index (χ2v) is 6.12. The first kappa shape index (κ1) is 14.3. The number of nitrogens with two attached hydrogens (primary N) is 1. The van der Waals surface area contributed by atoms with Gasteiger partial charge in [-0.3, -0.25) is 0 Å². The van der Waals surface area contributed by atoms with Crippen LogP contribution in [-0.4, -0.2) is 35.2 Å². The molecule has 0 aliphatic carbocycles. The number of nitrogens with zero attached hydrogens (tertiary/aromatic N) is 1. The third kappa shape index (κ3) is 3.87. The normalized spacial score (nSPS) is 25.8. The molecule has 1 heterocycles. The molecule has 0 saturated carbocycles. The Morgan fingerprint density at radius 2 is 2.06 bits per heavy atom. The number of amides is 1. The Balaban J connectivity index is 2.74. The molecule has 0 bridgehead atoms. The summed E-state index contributed by atoms with van der Waals surface area (Å²) in [5.41, 5.74) is 5.09. The van der Waals surface area contributed by atoms with Crippen molar-refractivity contribution in [3.05, 3.63) is 0 Å². The largest absolute Gasteiger partial charge is 0.444 e. The Bertz CT molecular complexity index is 269. The zero-order valence-corrected chi connectivity index (χ0v) is 11.6. The molecule has 1 unspecified atom stereocenters. The zero-order chi connectivity index (χ0) is 13.1. The Morgan fingerprint density at radius 3 is 2.59 bits per heavy atom. The van der Waals surface area contributed by atoms with Crippen molar-refractivity contribution in [1.82, 2.24) is 4.90 Å². The summed E-state index contributed by atoms with van der Waals surface area (Å²) in [5.74, 6) is 0. The molecule has 1 aliphatic rings. The van der Waals surface area contributed by atoms with Crippen molar-refractivity contribution in [3.8, 4) is 0 Å². The molecule has 4 nitrogen and oxygen atoms in total. The lowest BCUT2D eigenvalue weighted by Crippen LogP contribution is -2.54. The lowest BCUT2D eigenvalue weighted by Gasteiger charge is -2.45. The summed E-state index contributed by atoms with van der Waals surface area (Å²) in [4.78, 5) is 14.0. The number of rotatable bonds is 2. The van der Waals surface area contributed by atoms with Crippen LogP contribution in [0.25, 0.3) is 0 Å². The van der Waals surface area contributed by atoms with Gasteiger partial charge in [0, 0.05) is 12.1 Å². The molecule has 1 amide bonds. The molecule has 2 N–H and O–H groups in total. The molecular weight excluding hydrogens is 216 g/mol. The standard InChI is InChI=1S/C13H26N2O2/c1-12(2,3)17-11(16)15-10-6-5-7-13(15,4)8-9-14/h5-10,14H2,1-4H3. The molecule has 1 saturated heterocycles. The van der Waals surface area contributed by atoms with E-state index in [9.17, 15) is 4.79 Å². The lowest BCUT2D eigenvalue weighted by molar-refractivity contribution is -0.0125. The van der Waals surface area contributed by atoms with Gasteiger partial charge in [-0.1, -0.05) is 0 Å². The highest BCUT2D eigenvalue weighted by Gasteiger charge is 2.38. The number of carbonyl (C=O) groups is 1. The molecule has 0 aromatic heterocycles. The highest BCUT2D eigenvalue weighted by molar-refractivity contribution is 5.69. The molecule has 1 aliphatic heterocycles. The Morgan fingerprint density at radius 1 is 1.41 bits per heavy atom. The van der Waals surface area contributed by atoms with Crippen molar-refractivity contribution in [3.63, 3.8) is 0 Å². The maximum Gasteiger partial charge on any atom is 0.410 e. The SMILES string of the molecule is CC(C)(C)OC(=O)N1CCCCC1(C)CCN. The van der Waals surface area contributed by atoms with Gasteiger partial charge in [0.25, 0.3) is 0 Å². The molecule has 1 fully saturated rings. The second kappa shape index (κ2) is 5.25. The Hall–Kier alpha value is -0.770. The van der Waals surface area contributed by atoms with Gasteiger partial charge in [-0.2, -0.15) is 0 Å². The van der Waals surface area contributed by atoms with Gasteiger partial charge in [0.1, 0.15) is 5.60 Å². The molecule has 100 valence electrons. The molecule has 17 heavy (non-hydrogen) atoms. The third-order valence-corrected chi connectivity index (χ3v) is 3.30. The molecule has 4 heteroatoms. The van der Waals surface area contributed by atoms with Crippen molar-refractivity contribution < 1.29 is 9.53 Å². The van der Waals surface area contributed by atoms with E-state index in [0.717, 1.165) is 32.2 Å². The van der Waals surface area contributed by atoms with Crippen LogP contribution in [0.15, 0.2) is 0 Å². The summed E-state index contributed by atoms with van der Waals surface area (Å²) >= 11 is 0. The quantitative estimate of drug-likeness (QED) is 0.809. The predicted molar refractivity (Wildman–Crippen MR) is 68.9 cm³/mol. The van der Waals surface area contributed by atoms with Gasteiger partial charge in [0.15, 0.2) is 0 Å². The van der Waals surface area contributed by atoms with Crippen LogP contribution in [0.1, 0.15) is 53.4 Å². The maximum absolute atomic E-state index is 12.2. The first-order valence-corrected chi connectivity index (χ1v) is 6.49. The smallest absolute Gasteiger partial charge is 0.410 e. The average Bonchev–Trinajstić information content (AvgIpc) is 2.15. The minimum atomic E-state index is -0.432. The fourth-order valence-corrected chi connectivity index (χ4v) is 2.38. The summed E-state index contributed by atoms with van der Waals surface area (Å²) < 4.78 is 5.47. The lowest BCUT2D eigenvalue weighted by atomic mass is 9.86. The van der Waals surface area contributed by atoms with Crippen LogP contribution in [-0.2, 0) is 4.74 Å². The van der Waals surface area contributed by atoms with Gasteiger partial charge in [-0.05, 0) is 59.9 Å². The summed E-state index contributed by atoms with van der Waals surface area (Å²) in [6, 6.07) is 0. The number of ether oxygens (including phenoxy) is 1. The van der Waals surface area contributed by atoms with Crippen LogP contribution in [0, 0.1) is 0 Å². The zero-order valence-electron chi connectivity index (χ0n) is 11.6. The van der Waals surface area contributed by atoms with Crippen LogP contribution in [0.4, 0.5) is 4.79 Å². The Kier molecular flexibility index (Phi) is 4.42. The molecule has 0 radical (unpaired) electrons.